The van der Waals surface area contributed by atoms with Gasteiger partial charge in [-0.2, -0.15) is 0 Å². The zero-order valence-electron chi connectivity index (χ0n) is 11.6. The number of carbonyl (C=O) groups is 2. The fraction of sp³-hybridized carbons (Fsp3) is 0.429. The molecule has 1 saturated heterocycles. The van der Waals surface area contributed by atoms with Crippen molar-refractivity contribution in [2.75, 3.05) is 26.7 Å². The Bertz CT molecular complexity index is 551. The van der Waals surface area contributed by atoms with Gasteiger partial charge < -0.3 is 10.1 Å². The molecule has 1 atom stereocenters. The molecule has 0 aromatic heterocycles. The zero-order chi connectivity index (χ0) is 15.4. The number of carbonyl (C=O) groups excluding carboxylic acids is 2. The number of ketones is 1. The molecule has 1 aromatic carbocycles. The van der Waals surface area contributed by atoms with Crippen molar-refractivity contribution in [3.8, 4) is 0 Å². The van der Waals surface area contributed by atoms with Crippen LogP contribution in [-0.4, -0.2) is 49.6 Å². The molecule has 1 heterocycles. The van der Waals surface area contributed by atoms with Gasteiger partial charge in [-0.1, -0.05) is 23.2 Å². The van der Waals surface area contributed by atoms with Crippen LogP contribution in [0.15, 0.2) is 18.2 Å². The third-order valence-electron chi connectivity index (χ3n) is 3.38. The number of hydrogen-bond donors (Lipinski definition) is 1. The van der Waals surface area contributed by atoms with Crippen molar-refractivity contribution in [2.45, 2.75) is 12.5 Å². The van der Waals surface area contributed by atoms with E-state index in [1.54, 1.807) is 18.2 Å². The first kappa shape index (κ1) is 16.1. The monoisotopic (exact) mass is 330 g/mol. The highest BCUT2D eigenvalue weighted by atomic mass is 35.5. The molecule has 1 aliphatic heterocycles. The predicted molar refractivity (Wildman–Crippen MR) is 81.2 cm³/mol. The first-order chi connectivity index (χ1) is 9.99. The normalized spacial score (nSPS) is 18.5. The van der Waals surface area contributed by atoms with Crippen molar-refractivity contribution in [3.63, 3.8) is 0 Å². The number of halogens is 2. The molecule has 1 fully saturated rings. The van der Waals surface area contributed by atoms with E-state index in [-0.39, 0.29) is 18.4 Å². The van der Waals surface area contributed by atoms with Crippen LogP contribution < -0.4 is 5.32 Å². The summed E-state index contributed by atoms with van der Waals surface area (Å²) in [7, 11) is 1.33. The molecule has 1 amide bonds. The summed E-state index contributed by atoms with van der Waals surface area (Å²) in [6.45, 7) is 1.59. The fourth-order valence-corrected chi connectivity index (χ4v) is 2.71. The van der Waals surface area contributed by atoms with E-state index in [0.717, 1.165) is 13.0 Å². The van der Waals surface area contributed by atoms with Crippen molar-refractivity contribution < 1.29 is 14.3 Å². The highest BCUT2D eigenvalue weighted by Crippen LogP contribution is 2.22. The number of likely N-dealkylation sites (tertiary alicyclic amines) is 1. The molecule has 1 aliphatic rings. The molecule has 5 nitrogen and oxygen atoms in total. The number of Topliss-reactive ketones (excluding diaryl/α,β-unsaturated/α-hetero) is 1. The molecular formula is C14H16Cl2N2O3. The number of nitrogens with zero attached hydrogens (tertiary/aromatic N) is 1. The summed E-state index contributed by atoms with van der Waals surface area (Å²) in [4.78, 5) is 25.4. The molecule has 0 bridgehead atoms. The van der Waals surface area contributed by atoms with Gasteiger partial charge in [-0.05, 0) is 24.6 Å². The number of benzene rings is 1. The Hall–Kier alpha value is -1.30. The minimum Gasteiger partial charge on any atom is -0.453 e. The minimum absolute atomic E-state index is 0.0000771. The van der Waals surface area contributed by atoms with Crippen LogP contribution in [0.5, 0.6) is 0 Å². The topological polar surface area (TPSA) is 58.6 Å². The van der Waals surface area contributed by atoms with Gasteiger partial charge in [-0.3, -0.25) is 9.69 Å². The molecule has 2 rings (SSSR count). The van der Waals surface area contributed by atoms with E-state index in [2.05, 4.69) is 10.1 Å². The first-order valence-electron chi connectivity index (χ1n) is 6.54. The van der Waals surface area contributed by atoms with Crippen molar-refractivity contribution in [2.24, 2.45) is 0 Å². The number of ether oxygens (including phenoxy) is 1. The van der Waals surface area contributed by atoms with Crippen molar-refractivity contribution in [1.29, 1.82) is 0 Å². The largest absolute Gasteiger partial charge is 0.453 e. The third kappa shape index (κ3) is 4.33. The van der Waals surface area contributed by atoms with Crippen LogP contribution in [0.25, 0.3) is 0 Å². The Labute approximate surface area is 133 Å². The van der Waals surface area contributed by atoms with Crippen LogP contribution >= 0.6 is 23.2 Å². The van der Waals surface area contributed by atoms with Gasteiger partial charge >= 0.3 is 6.09 Å². The van der Waals surface area contributed by atoms with E-state index in [1.807, 2.05) is 4.90 Å². The van der Waals surface area contributed by atoms with Gasteiger partial charge in [0, 0.05) is 29.7 Å². The molecule has 7 heteroatoms. The van der Waals surface area contributed by atoms with Gasteiger partial charge in [0.1, 0.15) is 0 Å². The summed E-state index contributed by atoms with van der Waals surface area (Å²) in [6.07, 6.45) is 0.331. The Balaban J connectivity index is 1.92. The Kier molecular flexibility index (Phi) is 5.45. The second kappa shape index (κ2) is 7.11. The second-order valence-corrected chi connectivity index (χ2v) is 5.75. The van der Waals surface area contributed by atoms with E-state index in [9.17, 15) is 9.59 Å². The lowest BCUT2D eigenvalue weighted by Crippen LogP contribution is -2.38. The molecule has 114 valence electrons. The summed E-state index contributed by atoms with van der Waals surface area (Å²) < 4.78 is 4.56. The van der Waals surface area contributed by atoms with Crippen LogP contribution in [0.3, 0.4) is 0 Å². The molecule has 0 aliphatic carbocycles. The highest BCUT2D eigenvalue weighted by molar-refractivity contribution is 6.36. The molecular weight excluding hydrogens is 315 g/mol. The zero-order valence-corrected chi connectivity index (χ0v) is 13.1. The molecule has 0 radical (unpaired) electrons. The van der Waals surface area contributed by atoms with Gasteiger partial charge in [0.2, 0.25) is 0 Å². The SMILES string of the molecule is COC(=O)NC1CCN(CC(=O)c2cc(Cl)ccc2Cl)C1. The van der Waals surface area contributed by atoms with Gasteiger partial charge in [-0.25, -0.2) is 4.79 Å². The average molecular weight is 331 g/mol. The van der Waals surface area contributed by atoms with Crippen LogP contribution in [0, 0.1) is 0 Å². The van der Waals surface area contributed by atoms with Gasteiger partial charge in [0.05, 0.1) is 18.7 Å². The van der Waals surface area contributed by atoms with E-state index in [4.69, 9.17) is 23.2 Å². The second-order valence-electron chi connectivity index (χ2n) is 4.90. The summed E-state index contributed by atoms with van der Waals surface area (Å²) >= 11 is 11.9. The number of nitrogens with one attached hydrogen (secondary N) is 1. The number of methoxy groups -OCH3 is 1. The fourth-order valence-electron chi connectivity index (χ4n) is 2.32. The van der Waals surface area contributed by atoms with Crippen molar-refractivity contribution in [1.82, 2.24) is 10.2 Å². The Morgan fingerprint density at radius 1 is 1.43 bits per heavy atom. The quantitative estimate of drug-likeness (QED) is 0.862. The number of amides is 1. The summed E-state index contributed by atoms with van der Waals surface area (Å²) in [5, 5.41) is 3.61. The molecule has 1 unspecified atom stereocenters. The molecule has 0 saturated carbocycles. The van der Waals surface area contributed by atoms with Crippen LogP contribution in [0.4, 0.5) is 4.79 Å². The minimum atomic E-state index is -0.453. The summed E-state index contributed by atoms with van der Waals surface area (Å²) in [6, 6.07) is 4.84. The Morgan fingerprint density at radius 2 is 2.19 bits per heavy atom. The molecule has 21 heavy (non-hydrogen) atoms. The van der Waals surface area contributed by atoms with Crippen molar-refractivity contribution >= 4 is 35.1 Å². The maximum atomic E-state index is 12.3. The predicted octanol–water partition coefficient (Wildman–Crippen LogP) is 2.61. The lowest BCUT2D eigenvalue weighted by atomic mass is 10.1. The number of rotatable bonds is 4. The standard InChI is InChI=1S/C14H16Cl2N2O3/c1-21-14(20)17-10-4-5-18(7-10)8-13(19)11-6-9(15)2-3-12(11)16/h2-3,6,10H,4-5,7-8H2,1H3,(H,17,20). The van der Waals surface area contributed by atoms with E-state index in [1.165, 1.54) is 7.11 Å². The maximum absolute atomic E-state index is 12.3. The lowest BCUT2D eigenvalue weighted by molar-refractivity contribution is 0.0944. The maximum Gasteiger partial charge on any atom is 0.407 e. The van der Waals surface area contributed by atoms with Crippen LogP contribution in [0.2, 0.25) is 10.0 Å². The van der Waals surface area contributed by atoms with Gasteiger partial charge in [-0.15, -0.1) is 0 Å². The van der Waals surface area contributed by atoms with Gasteiger partial charge in [0.25, 0.3) is 0 Å². The van der Waals surface area contributed by atoms with E-state index in [0.29, 0.717) is 22.2 Å². The molecule has 1 N–H and O–H groups in total. The van der Waals surface area contributed by atoms with Gasteiger partial charge in [0.15, 0.2) is 5.78 Å². The summed E-state index contributed by atoms with van der Waals surface area (Å²) in [5.74, 6) is -0.0822. The summed E-state index contributed by atoms with van der Waals surface area (Å²) in [5.41, 5.74) is 0.425. The lowest BCUT2D eigenvalue weighted by Gasteiger charge is -2.16. The van der Waals surface area contributed by atoms with Crippen LogP contribution in [-0.2, 0) is 4.74 Å². The smallest absolute Gasteiger partial charge is 0.407 e. The van der Waals surface area contributed by atoms with Crippen LogP contribution in [0.1, 0.15) is 16.8 Å². The van der Waals surface area contributed by atoms with E-state index < -0.39 is 6.09 Å². The number of hydrogen-bond acceptors (Lipinski definition) is 4. The third-order valence-corrected chi connectivity index (χ3v) is 3.94. The van der Waals surface area contributed by atoms with E-state index >= 15 is 0 Å². The van der Waals surface area contributed by atoms with Crippen molar-refractivity contribution in [3.05, 3.63) is 33.8 Å². The molecule has 0 spiro atoms. The average Bonchev–Trinajstić information content (AvgIpc) is 2.88. The first-order valence-corrected chi connectivity index (χ1v) is 7.30. The molecule has 1 aromatic rings. The Morgan fingerprint density at radius 3 is 2.90 bits per heavy atom. The number of alkyl carbamates (subject to hydrolysis) is 1. The highest BCUT2D eigenvalue weighted by Gasteiger charge is 2.26.